The fourth-order valence-electron chi connectivity index (χ4n) is 7.78. The van der Waals surface area contributed by atoms with E-state index in [1.165, 1.54) is 43.4 Å². The minimum Gasteiger partial charge on any atom is -0.456 e. The van der Waals surface area contributed by atoms with Crippen molar-refractivity contribution in [2.45, 2.75) is 0 Å². The van der Waals surface area contributed by atoms with Crippen LogP contribution in [-0.4, -0.2) is 0 Å². The molecule has 0 radical (unpaired) electrons. The fraction of sp³-hybridized carbons (Fsp3) is 0. The van der Waals surface area contributed by atoms with Crippen molar-refractivity contribution in [3.05, 3.63) is 188 Å². The molecule has 0 N–H and O–H groups in total. The Bertz CT molecular complexity index is 2880. The highest BCUT2D eigenvalue weighted by Gasteiger charge is 2.26. The van der Waals surface area contributed by atoms with Crippen LogP contribution in [0.25, 0.3) is 76.5 Å². The van der Waals surface area contributed by atoms with E-state index in [0.29, 0.717) is 0 Å². The molecule has 10 aromatic rings. The van der Waals surface area contributed by atoms with Gasteiger partial charge >= 0.3 is 0 Å². The van der Waals surface area contributed by atoms with Gasteiger partial charge in [-0.05, 0) is 85.9 Å². The molecule has 0 bridgehead atoms. The lowest BCUT2D eigenvalue weighted by Crippen LogP contribution is -2.12. The third-order valence-corrected chi connectivity index (χ3v) is 10.0. The zero-order chi connectivity index (χ0) is 33.0. The largest absolute Gasteiger partial charge is 0.456 e. The van der Waals surface area contributed by atoms with Crippen LogP contribution in [0.2, 0.25) is 0 Å². The Kier molecular flexibility index (Phi) is 6.53. The minimum absolute atomic E-state index is 0.872. The first-order chi connectivity index (χ1) is 24.8. The summed E-state index contributed by atoms with van der Waals surface area (Å²) in [5, 5.41) is 9.52. The normalized spacial score (nSPS) is 11.6. The van der Waals surface area contributed by atoms with Gasteiger partial charge in [0.1, 0.15) is 11.2 Å². The summed E-state index contributed by atoms with van der Waals surface area (Å²) in [6, 6.07) is 67.6. The molecule has 50 heavy (non-hydrogen) atoms. The lowest BCUT2D eigenvalue weighted by Gasteiger charge is -2.31. The Balaban J connectivity index is 1.38. The van der Waals surface area contributed by atoms with Gasteiger partial charge in [0, 0.05) is 27.6 Å². The van der Waals surface area contributed by atoms with E-state index in [0.717, 1.165) is 50.1 Å². The zero-order valence-electron chi connectivity index (χ0n) is 27.3. The number of anilines is 3. The van der Waals surface area contributed by atoms with Gasteiger partial charge in [-0.25, -0.2) is 0 Å². The predicted molar refractivity (Wildman–Crippen MR) is 212 cm³/mol. The molecule has 0 fully saturated rings. The zero-order valence-corrected chi connectivity index (χ0v) is 27.3. The number of rotatable bonds is 5. The van der Waals surface area contributed by atoms with E-state index in [1.54, 1.807) is 0 Å². The lowest BCUT2D eigenvalue weighted by atomic mass is 9.89. The van der Waals surface area contributed by atoms with Gasteiger partial charge < -0.3 is 9.32 Å². The van der Waals surface area contributed by atoms with Gasteiger partial charge in [-0.15, -0.1) is 0 Å². The summed E-state index contributed by atoms with van der Waals surface area (Å²) < 4.78 is 6.59. The third-order valence-electron chi connectivity index (χ3n) is 10.0. The molecule has 1 heterocycles. The van der Waals surface area contributed by atoms with E-state index in [-0.39, 0.29) is 0 Å². The van der Waals surface area contributed by atoms with E-state index in [2.05, 4.69) is 187 Å². The van der Waals surface area contributed by atoms with Crippen LogP contribution in [-0.2, 0) is 0 Å². The van der Waals surface area contributed by atoms with Crippen molar-refractivity contribution in [3.8, 4) is 22.3 Å². The van der Waals surface area contributed by atoms with Gasteiger partial charge in [0.25, 0.3) is 0 Å². The summed E-state index contributed by atoms with van der Waals surface area (Å²) in [6.45, 7) is 0. The van der Waals surface area contributed by atoms with Crippen LogP contribution < -0.4 is 4.90 Å². The second kappa shape index (κ2) is 11.5. The summed E-state index contributed by atoms with van der Waals surface area (Å²) in [6.07, 6.45) is 0. The van der Waals surface area contributed by atoms with Gasteiger partial charge in [0.2, 0.25) is 0 Å². The van der Waals surface area contributed by atoms with Gasteiger partial charge in [-0.1, -0.05) is 146 Å². The van der Waals surface area contributed by atoms with Crippen molar-refractivity contribution in [2.75, 3.05) is 4.90 Å². The van der Waals surface area contributed by atoms with Gasteiger partial charge in [-0.2, -0.15) is 0 Å². The fourth-order valence-corrected chi connectivity index (χ4v) is 7.78. The molecule has 2 nitrogen and oxygen atoms in total. The highest BCUT2D eigenvalue weighted by molar-refractivity contribution is 6.23. The van der Waals surface area contributed by atoms with Crippen LogP contribution in [0.3, 0.4) is 0 Å². The van der Waals surface area contributed by atoms with E-state index < -0.39 is 0 Å². The molecule has 0 aliphatic rings. The summed E-state index contributed by atoms with van der Waals surface area (Å²) in [7, 11) is 0. The average molecular weight is 638 g/mol. The molecule has 0 aliphatic carbocycles. The molecule has 234 valence electrons. The second-order valence-electron chi connectivity index (χ2n) is 12.9. The van der Waals surface area contributed by atoms with Gasteiger partial charge in [0.05, 0.1) is 11.4 Å². The Labute approximate surface area is 290 Å². The van der Waals surface area contributed by atoms with E-state index >= 15 is 0 Å². The highest BCUT2D eigenvalue weighted by Crippen LogP contribution is 2.51. The number of hydrogen-bond acceptors (Lipinski definition) is 2. The van der Waals surface area contributed by atoms with Crippen molar-refractivity contribution in [1.82, 2.24) is 0 Å². The summed E-state index contributed by atoms with van der Waals surface area (Å²) >= 11 is 0. The summed E-state index contributed by atoms with van der Waals surface area (Å²) in [5.41, 5.74) is 9.68. The number of para-hydroxylation sites is 2. The molecule has 0 unspecified atom stereocenters. The van der Waals surface area contributed by atoms with Crippen LogP contribution in [0.15, 0.2) is 192 Å². The van der Waals surface area contributed by atoms with Crippen LogP contribution in [0.5, 0.6) is 0 Å². The minimum atomic E-state index is 0.872. The molecule has 0 aliphatic heterocycles. The molecule has 0 saturated heterocycles. The molecule has 0 atom stereocenters. The quantitative estimate of drug-likeness (QED) is 0.175. The molecule has 0 spiro atoms. The maximum atomic E-state index is 6.59. The molecule has 0 saturated carbocycles. The number of benzene rings is 9. The highest BCUT2D eigenvalue weighted by atomic mass is 16.3. The monoisotopic (exact) mass is 637 g/mol. The first-order valence-corrected chi connectivity index (χ1v) is 17.1. The Morgan fingerprint density at radius 3 is 1.88 bits per heavy atom. The van der Waals surface area contributed by atoms with E-state index in [1.807, 2.05) is 6.07 Å². The van der Waals surface area contributed by atoms with Crippen molar-refractivity contribution in [1.29, 1.82) is 0 Å². The standard InChI is InChI=1S/C48H31NO/c1-2-15-33(16-3-1)38-20-10-12-24-43(38)49(36-27-26-32-14-4-5-17-34(32)30-36)44-28-29-46-48(41-23-11-13-25-45(41)50-46)47(44)42-31-35-18-6-7-19-37(35)39-21-8-9-22-40(39)42/h1-31H. The maximum absolute atomic E-state index is 6.59. The first kappa shape index (κ1) is 28.4. The van der Waals surface area contributed by atoms with Crippen molar-refractivity contribution < 1.29 is 4.42 Å². The Hall–Kier alpha value is -6.64. The van der Waals surface area contributed by atoms with E-state index in [4.69, 9.17) is 4.42 Å². The number of nitrogens with zero attached hydrogens (tertiary/aromatic N) is 1. The summed E-state index contributed by atoms with van der Waals surface area (Å²) in [5.74, 6) is 0. The van der Waals surface area contributed by atoms with E-state index in [9.17, 15) is 0 Å². The topological polar surface area (TPSA) is 16.4 Å². The molecule has 9 aromatic carbocycles. The second-order valence-corrected chi connectivity index (χ2v) is 12.9. The molecule has 1 aromatic heterocycles. The van der Waals surface area contributed by atoms with Crippen LogP contribution in [0.4, 0.5) is 17.1 Å². The Morgan fingerprint density at radius 2 is 1.02 bits per heavy atom. The third kappa shape index (κ3) is 4.50. The molecule has 10 rings (SSSR count). The SMILES string of the molecule is c1ccc(-c2ccccc2N(c2ccc3ccccc3c2)c2ccc3oc4ccccc4c3c2-c2cc3ccccc3c3ccccc23)cc1. The Morgan fingerprint density at radius 1 is 0.360 bits per heavy atom. The lowest BCUT2D eigenvalue weighted by molar-refractivity contribution is 0.669. The van der Waals surface area contributed by atoms with Crippen molar-refractivity contribution in [3.63, 3.8) is 0 Å². The predicted octanol–water partition coefficient (Wildman–Crippen LogP) is 13.8. The van der Waals surface area contributed by atoms with Crippen LogP contribution >= 0.6 is 0 Å². The first-order valence-electron chi connectivity index (χ1n) is 17.1. The van der Waals surface area contributed by atoms with Gasteiger partial charge in [0.15, 0.2) is 0 Å². The van der Waals surface area contributed by atoms with Crippen molar-refractivity contribution >= 4 is 71.3 Å². The summed E-state index contributed by atoms with van der Waals surface area (Å²) in [4.78, 5) is 2.45. The number of furan rings is 1. The van der Waals surface area contributed by atoms with Gasteiger partial charge in [-0.3, -0.25) is 0 Å². The molecule has 0 amide bonds. The molecule has 2 heteroatoms. The number of fused-ring (bicyclic) bond motifs is 7. The molecular formula is C48H31NO. The van der Waals surface area contributed by atoms with Crippen molar-refractivity contribution in [2.24, 2.45) is 0 Å². The average Bonchev–Trinajstić information content (AvgIpc) is 3.57. The number of hydrogen-bond donors (Lipinski definition) is 0. The van der Waals surface area contributed by atoms with Crippen LogP contribution in [0.1, 0.15) is 0 Å². The maximum Gasteiger partial charge on any atom is 0.136 e. The molecular weight excluding hydrogens is 607 g/mol. The smallest absolute Gasteiger partial charge is 0.136 e. The van der Waals surface area contributed by atoms with Crippen LogP contribution in [0, 0.1) is 0 Å².